The van der Waals surface area contributed by atoms with E-state index < -0.39 is 6.10 Å². The minimum absolute atomic E-state index is 0.0802. The number of rotatable bonds is 6. The first kappa shape index (κ1) is 14.3. The Hall–Kier alpha value is -2.07. The number of aliphatic hydroxyl groups is 1. The van der Waals surface area contributed by atoms with Crippen LogP contribution < -0.4 is 5.32 Å². The molecule has 1 heterocycles. The number of aliphatic hydroxyl groups excluding tert-OH is 1. The summed E-state index contributed by atoms with van der Waals surface area (Å²) >= 11 is 0. The van der Waals surface area contributed by atoms with E-state index in [1.54, 1.807) is 4.57 Å². The maximum absolute atomic E-state index is 11.9. The topological polar surface area (TPSA) is 54.3 Å². The lowest BCUT2D eigenvalue weighted by Gasteiger charge is -2.07. The van der Waals surface area contributed by atoms with Crippen molar-refractivity contribution in [3.8, 4) is 0 Å². The number of anilines is 1. The third-order valence-corrected chi connectivity index (χ3v) is 3.10. The summed E-state index contributed by atoms with van der Waals surface area (Å²) in [6, 6.07) is 11.2. The molecule has 1 unspecified atom stereocenters. The first-order valence-corrected chi connectivity index (χ1v) is 6.87. The lowest BCUT2D eigenvalue weighted by atomic mass is 10.1. The third kappa shape index (κ3) is 3.96. The van der Waals surface area contributed by atoms with Crippen LogP contribution in [0.25, 0.3) is 0 Å². The molecule has 1 aromatic heterocycles. The molecule has 0 spiro atoms. The summed E-state index contributed by atoms with van der Waals surface area (Å²) in [4.78, 5) is 11.9. The molecule has 4 heteroatoms. The number of carbonyl (C=O) groups is 1. The number of hydrogen-bond donors (Lipinski definition) is 2. The van der Waals surface area contributed by atoms with Gasteiger partial charge in [-0.25, -0.2) is 0 Å². The summed E-state index contributed by atoms with van der Waals surface area (Å²) < 4.78 is 1.78. The van der Waals surface area contributed by atoms with Gasteiger partial charge in [0.25, 0.3) is 0 Å². The van der Waals surface area contributed by atoms with Crippen LogP contribution in [0.3, 0.4) is 0 Å². The highest BCUT2D eigenvalue weighted by molar-refractivity contribution is 5.90. The van der Waals surface area contributed by atoms with Gasteiger partial charge in [-0.15, -0.1) is 0 Å². The number of nitrogens with zero attached hydrogens (tertiary/aromatic N) is 1. The van der Waals surface area contributed by atoms with E-state index in [9.17, 15) is 9.90 Å². The number of para-hydroxylation sites is 1. The van der Waals surface area contributed by atoms with Crippen molar-refractivity contribution in [1.82, 2.24) is 4.57 Å². The molecule has 0 aliphatic rings. The average Bonchev–Trinajstić information content (AvgIpc) is 2.88. The Labute approximate surface area is 119 Å². The van der Waals surface area contributed by atoms with Gasteiger partial charge in [-0.2, -0.15) is 0 Å². The number of benzene rings is 1. The first-order chi connectivity index (χ1) is 9.69. The zero-order valence-electron chi connectivity index (χ0n) is 11.6. The van der Waals surface area contributed by atoms with Gasteiger partial charge in [0.2, 0.25) is 5.91 Å². The minimum Gasteiger partial charge on any atom is -0.388 e. The highest BCUT2D eigenvalue weighted by atomic mass is 16.3. The number of carbonyl (C=O) groups excluding carboxylic acids is 1. The lowest BCUT2D eigenvalue weighted by Crippen LogP contribution is -2.17. The van der Waals surface area contributed by atoms with Crippen LogP contribution in [0.15, 0.2) is 48.8 Å². The second-order valence-electron chi connectivity index (χ2n) is 4.84. The summed E-state index contributed by atoms with van der Waals surface area (Å²) in [5.41, 5.74) is 1.65. The molecule has 0 fully saturated rings. The van der Waals surface area contributed by atoms with Crippen molar-refractivity contribution >= 4 is 11.6 Å². The van der Waals surface area contributed by atoms with Gasteiger partial charge in [0, 0.05) is 18.1 Å². The fourth-order valence-corrected chi connectivity index (χ4v) is 2.08. The molecule has 4 nitrogen and oxygen atoms in total. The van der Waals surface area contributed by atoms with Gasteiger partial charge in [0.05, 0.1) is 6.10 Å². The quantitative estimate of drug-likeness (QED) is 0.849. The van der Waals surface area contributed by atoms with Crippen LogP contribution in [0.4, 0.5) is 5.69 Å². The van der Waals surface area contributed by atoms with Gasteiger partial charge >= 0.3 is 0 Å². The summed E-state index contributed by atoms with van der Waals surface area (Å²) in [6.07, 6.45) is 4.86. The summed E-state index contributed by atoms with van der Waals surface area (Å²) in [7, 11) is 0. The first-order valence-electron chi connectivity index (χ1n) is 6.87. The second-order valence-corrected chi connectivity index (χ2v) is 4.84. The zero-order chi connectivity index (χ0) is 14.4. The second kappa shape index (κ2) is 6.91. The Morgan fingerprint density at radius 1 is 1.30 bits per heavy atom. The fourth-order valence-electron chi connectivity index (χ4n) is 2.08. The van der Waals surface area contributed by atoms with Crippen molar-refractivity contribution in [3.63, 3.8) is 0 Å². The maximum atomic E-state index is 11.9. The van der Waals surface area contributed by atoms with Crippen molar-refractivity contribution < 1.29 is 9.90 Å². The number of aromatic nitrogens is 1. The summed E-state index contributed by atoms with van der Waals surface area (Å²) in [5.74, 6) is -0.0802. The predicted molar refractivity (Wildman–Crippen MR) is 79.4 cm³/mol. The van der Waals surface area contributed by atoms with Gasteiger partial charge in [0.15, 0.2) is 0 Å². The minimum atomic E-state index is -0.446. The molecule has 0 saturated carbocycles. The van der Waals surface area contributed by atoms with E-state index in [1.807, 2.05) is 55.7 Å². The lowest BCUT2D eigenvalue weighted by molar-refractivity contribution is -0.116. The van der Waals surface area contributed by atoms with Gasteiger partial charge in [-0.3, -0.25) is 4.79 Å². The molecule has 0 aliphatic heterocycles. The molecule has 20 heavy (non-hydrogen) atoms. The van der Waals surface area contributed by atoms with Crippen molar-refractivity contribution in [3.05, 3.63) is 54.4 Å². The van der Waals surface area contributed by atoms with Crippen LogP contribution in [0.2, 0.25) is 0 Å². The van der Waals surface area contributed by atoms with Crippen LogP contribution in [0.1, 0.15) is 31.4 Å². The summed E-state index contributed by atoms with van der Waals surface area (Å²) in [6.45, 7) is 2.28. The molecule has 0 bridgehead atoms. The Morgan fingerprint density at radius 2 is 2.05 bits per heavy atom. The highest BCUT2D eigenvalue weighted by Crippen LogP contribution is 2.18. The van der Waals surface area contributed by atoms with Crippen LogP contribution >= 0.6 is 0 Å². The van der Waals surface area contributed by atoms with Crippen LogP contribution in [-0.2, 0) is 11.3 Å². The number of amides is 1. The van der Waals surface area contributed by atoms with Crippen molar-refractivity contribution in [2.24, 2.45) is 0 Å². The standard InChI is InChI=1S/C16H20N2O2/c1-2-6-15(19)13-9-10-18(11-13)12-16(20)17-14-7-4-3-5-8-14/h3-5,7-11,15,19H,2,6,12H2,1H3,(H,17,20). The largest absolute Gasteiger partial charge is 0.388 e. The van der Waals surface area contributed by atoms with Crippen LogP contribution in [0.5, 0.6) is 0 Å². The van der Waals surface area contributed by atoms with E-state index in [2.05, 4.69) is 5.32 Å². The number of hydrogen-bond acceptors (Lipinski definition) is 2. The van der Waals surface area contributed by atoms with E-state index in [0.29, 0.717) is 0 Å². The number of nitrogens with one attached hydrogen (secondary N) is 1. The molecular weight excluding hydrogens is 252 g/mol. The highest BCUT2D eigenvalue weighted by Gasteiger charge is 2.09. The van der Waals surface area contributed by atoms with Crippen molar-refractivity contribution in [2.45, 2.75) is 32.4 Å². The maximum Gasteiger partial charge on any atom is 0.244 e. The predicted octanol–water partition coefficient (Wildman–Crippen LogP) is 2.96. The zero-order valence-corrected chi connectivity index (χ0v) is 11.6. The van der Waals surface area contributed by atoms with E-state index in [1.165, 1.54) is 0 Å². The molecule has 2 N–H and O–H groups in total. The smallest absolute Gasteiger partial charge is 0.244 e. The normalized spacial score (nSPS) is 12.1. The molecule has 2 aromatic rings. The van der Waals surface area contributed by atoms with Gasteiger partial charge in [0.1, 0.15) is 6.54 Å². The fraction of sp³-hybridized carbons (Fsp3) is 0.312. The Kier molecular flexibility index (Phi) is 4.96. The Balaban J connectivity index is 1.92. The monoisotopic (exact) mass is 272 g/mol. The molecule has 1 aromatic carbocycles. The molecule has 0 aliphatic carbocycles. The Morgan fingerprint density at radius 3 is 2.75 bits per heavy atom. The van der Waals surface area contributed by atoms with Crippen LogP contribution in [-0.4, -0.2) is 15.6 Å². The SMILES string of the molecule is CCCC(O)c1ccn(CC(=O)Nc2ccccc2)c1. The molecule has 0 radical (unpaired) electrons. The van der Waals surface area contributed by atoms with E-state index in [-0.39, 0.29) is 12.5 Å². The van der Waals surface area contributed by atoms with Crippen molar-refractivity contribution in [2.75, 3.05) is 5.32 Å². The Bertz CT molecular complexity index is 549. The molecule has 1 amide bonds. The third-order valence-electron chi connectivity index (χ3n) is 3.10. The van der Waals surface area contributed by atoms with Gasteiger partial charge in [-0.05, 0) is 30.2 Å². The summed E-state index contributed by atoms with van der Waals surface area (Å²) in [5, 5.41) is 12.7. The average molecular weight is 272 g/mol. The molecule has 2 rings (SSSR count). The molecular formula is C16H20N2O2. The van der Waals surface area contributed by atoms with E-state index >= 15 is 0 Å². The van der Waals surface area contributed by atoms with Crippen LogP contribution in [0, 0.1) is 0 Å². The molecule has 0 saturated heterocycles. The molecule has 106 valence electrons. The molecule has 1 atom stereocenters. The van der Waals surface area contributed by atoms with E-state index in [0.717, 1.165) is 24.1 Å². The van der Waals surface area contributed by atoms with E-state index in [4.69, 9.17) is 0 Å². The van der Waals surface area contributed by atoms with Crippen molar-refractivity contribution in [1.29, 1.82) is 0 Å². The van der Waals surface area contributed by atoms with Gasteiger partial charge in [-0.1, -0.05) is 31.5 Å². The van der Waals surface area contributed by atoms with Gasteiger partial charge < -0.3 is 15.0 Å².